The van der Waals surface area contributed by atoms with Gasteiger partial charge in [-0.3, -0.25) is 0 Å². The molecule has 0 radical (unpaired) electrons. The molecule has 0 aromatic rings. The van der Waals surface area contributed by atoms with E-state index in [1.54, 1.807) is 0 Å². The van der Waals surface area contributed by atoms with Gasteiger partial charge in [-0.1, -0.05) is 32.1 Å². The van der Waals surface area contributed by atoms with Crippen LogP contribution in [0.15, 0.2) is 23.9 Å². The van der Waals surface area contributed by atoms with Crippen LogP contribution in [0.1, 0.15) is 27.2 Å². The summed E-state index contributed by atoms with van der Waals surface area (Å²) in [5.74, 6) is -0.0999. The highest BCUT2D eigenvalue weighted by Gasteiger charge is 2.31. The number of allylic oxidation sites excluding steroid dienone is 3. The topological polar surface area (TPSA) is 29.1 Å². The Hall–Kier alpha value is -1.05. The van der Waals surface area contributed by atoms with Gasteiger partial charge in [-0.15, -0.1) is 0 Å². The van der Waals surface area contributed by atoms with E-state index in [0.717, 1.165) is 24.8 Å². The van der Waals surface area contributed by atoms with Crippen molar-refractivity contribution in [2.75, 3.05) is 6.54 Å². The molecule has 0 amide bonds. The average Bonchev–Trinajstić information content (AvgIpc) is 2.09. The quantitative estimate of drug-likeness (QED) is 0.550. The minimum atomic E-state index is -0.0999. The van der Waals surface area contributed by atoms with Gasteiger partial charge in [0.05, 0.1) is 5.92 Å². The molecule has 14 heavy (non-hydrogen) atoms. The van der Waals surface area contributed by atoms with E-state index in [1.165, 1.54) is 5.70 Å². The molecule has 1 aliphatic rings. The summed E-state index contributed by atoms with van der Waals surface area (Å²) in [6, 6.07) is 0. The van der Waals surface area contributed by atoms with E-state index in [-0.39, 0.29) is 11.3 Å². The van der Waals surface area contributed by atoms with Gasteiger partial charge in [0.1, 0.15) is 6.29 Å². The molecule has 0 spiro atoms. The molecule has 78 valence electrons. The summed E-state index contributed by atoms with van der Waals surface area (Å²) in [4.78, 5) is 10.8. The van der Waals surface area contributed by atoms with Gasteiger partial charge in [-0.2, -0.15) is 0 Å². The molecule has 2 nitrogen and oxygen atoms in total. The molecule has 1 N–H and O–H groups in total. The third kappa shape index (κ3) is 2.06. The standard InChI is InChI=1S/C12H19NO/c1-5-13-11-6-10(8-14)9(2)7-12(11,3)4/h6,8,10,13H,2,5,7H2,1,3-4H3. The first-order valence-corrected chi connectivity index (χ1v) is 5.10. The lowest BCUT2D eigenvalue weighted by Gasteiger charge is -2.35. The molecular weight excluding hydrogens is 174 g/mol. The number of carbonyl (C=O) groups excluding carboxylic acids is 1. The molecule has 0 saturated heterocycles. The second kappa shape index (κ2) is 3.99. The zero-order valence-electron chi connectivity index (χ0n) is 9.26. The van der Waals surface area contributed by atoms with Crippen LogP contribution in [0.4, 0.5) is 0 Å². The van der Waals surface area contributed by atoms with Gasteiger partial charge in [-0.05, 0) is 13.3 Å². The van der Waals surface area contributed by atoms with Crippen LogP contribution in [0.3, 0.4) is 0 Å². The van der Waals surface area contributed by atoms with Crippen molar-refractivity contribution in [1.82, 2.24) is 5.32 Å². The van der Waals surface area contributed by atoms with Crippen LogP contribution in [0.2, 0.25) is 0 Å². The van der Waals surface area contributed by atoms with Gasteiger partial charge in [-0.25, -0.2) is 0 Å². The fraction of sp³-hybridized carbons (Fsp3) is 0.583. The van der Waals surface area contributed by atoms with Crippen molar-refractivity contribution in [2.45, 2.75) is 27.2 Å². The lowest BCUT2D eigenvalue weighted by atomic mass is 9.74. The zero-order valence-corrected chi connectivity index (χ0v) is 9.26. The van der Waals surface area contributed by atoms with Crippen LogP contribution in [-0.2, 0) is 4.79 Å². The summed E-state index contributed by atoms with van der Waals surface area (Å²) in [6.07, 6.45) is 3.85. The summed E-state index contributed by atoms with van der Waals surface area (Å²) >= 11 is 0. The minimum absolute atomic E-state index is 0.0899. The van der Waals surface area contributed by atoms with Crippen molar-refractivity contribution in [1.29, 1.82) is 0 Å². The van der Waals surface area contributed by atoms with Crippen molar-refractivity contribution < 1.29 is 4.79 Å². The Morgan fingerprint density at radius 2 is 2.36 bits per heavy atom. The Labute approximate surface area is 86.1 Å². The van der Waals surface area contributed by atoms with Gasteiger partial charge >= 0.3 is 0 Å². The minimum Gasteiger partial charge on any atom is -0.388 e. The first-order chi connectivity index (χ1) is 6.51. The van der Waals surface area contributed by atoms with Gasteiger partial charge in [0.25, 0.3) is 0 Å². The molecule has 0 fully saturated rings. The van der Waals surface area contributed by atoms with Crippen molar-refractivity contribution in [3.05, 3.63) is 23.9 Å². The first kappa shape index (κ1) is 11.0. The molecule has 2 heteroatoms. The van der Waals surface area contributed by atoms with Gasteiger partial charge in [0, 0.05) is 17.7 Å². The van der Waals surface area contributed by atoms with E-state index >= 15 is 0 Å². The third-order valence-electron chi connectivity index (χ3n) is 2.73. The molecule has 0 aliphatic heterocycles. The van der Waals surface area contributed by atoms with Crippen molar-refractivity contribution in [2.24, 2.45) is 11.3 Å². The van der Waals surface area contributed by atoms with Crippen LogP contribution >= 0.6 is 0 Å². The normalized spacial score (nSPS) is 25.5. The molecule has 1 unspecified atom stereocenters. The van der Waals surface area contributed by atoms with Crippen LogP contribution < -0.4 is 5.32 Å². The molecule has 1 atom stereocenters. The van der Waals surface area contributed by atoms with Crippen LogP contribution in [0, 0.1) is 11.3 Å². The number of carbonyl (C=O) groups is 1. The Balaban J connectivity index is 2.96. The van der Waals surface area contributed by atoms with E-state index in [0.29, 0.717) is 0 Å². The van der Waals surface area contributed by atoms with Gasteiger partial charge in [0.15, 0.2) is 0 Å². The molecule has 0 heterocycles. The summed E-state index contributed by atoms with van der Waals surface area (Å²) < 4.78 is 0. The van der Waals surface area contributed by atoms with E-state index < -0.39 is 0 Å². The van der Waals surface area contributed by atoms with Crippen LogP contribution in [0.5, 0.6) is 0 Å². The molecule has 0 saturated carbocycles. The largest absolute Gasteiger partial charge is 0.388 e. The van der Waals surface area contributed by atoms with Crippen LogP contribution in [-0.4, -0.2) is 12.8 Å². The maximum atomic E-state index is 10.8. The van der Waals surface area contributed by atoms with Crippen molar-refractivity contribution >= 4 is 6.29 Å². The summed E-state index contributed by atoms with van der Waals surface area (Å²) in [6.45, 7) is 11.3. The third-order valence-corrected chi connectivity index (χ3v) is 2.73. The van der Waals surface area contributed by atoms with E-state index in [4.69, 9.17) is 0 Å². The highest BCUT2D eigenvalue weighted by Crippen LogP contribution is 2.39. The molecule has 0 aromatic heterocycles. The highest BCUT2D eigenvalue weighted by atomic mass is 16.1. The SMILES string of the molecule is C=C1CC(C)(C)C(NCC)=CC1C=O. The van der Waals surface area contributed by atoms with Crippen molar-refractivity contribution in [3.63, 3.8) is 0 Å². The Morgan fingerprint density at radius 3 is 2.86 bits per heavy atom. The maximum absolute atomic E-state index is 10.8. The smallest absolute Gasteiger partial charge is 0.130 e. The van der Waals surface area contributed by atoms with Crippen LogP contribution in [0.25, 0.3) is 0 Å². The molecular formula is C12H19NO. The number of aldehydes is 1. The second-order valence-corrected chi connectivity index (χ2v) is 4.49. The Morgan fingerprint density at radius 1 is 1.71 bits per heavy atom. The van der Waals surface area contributed by atoms with E-state index in [1.807, 2.05) is 6.08 Å². The predicted molar refractivity (Wildman–Crippen MR) is 58.9 cm³/mol. The van der Waals surface area contributed by atoms with Crippen molar-refractivity contribution in [3.8, 4) is 0 Å². The number of nitrogens with one attached hydrogen (secondary N) is 1. The Kier molecular flexibility index (Phi) is 3.14. The Bertz CT molecular complexity index is 276. The number of rotatable bonds is 3. The molecule has 0 aromatic carbocycles. The van der Waals surface area contributed by atoms with Gasteiger partial charge < -0.3 is 10.1 Å². The lowest BCUT2D eigenvalue weighted by Crippen LogP contribution is -2.32. The highest BCUT2D eigenvalue weighted by molar-refractivity contribution is 5.63. The number of hydrogen-bond acceptors (Lipinski definition) is 2. The molecule has 1 rings (SSSR count). The predicted octanol–water partition coefficient (Wildman–Crippen LogP) is 2.28. The molecule has 0 bridgehead atoms. The fourth-order valence-corrected chi connectivity index (χ4v) is 1.93. The average molecular weight is 193 g/mol. The maximum Gasteiger partial charge on any atom is 0.130 e. The van der Waals surface area contributed by atoms with E-state index in [2.05, 4.69) is 32.7 Å². The monoisotopic (exact) mass is 193 g/mol. The zero-order chi connectivity index (χ0) is 10.8. The second-order valence-electron chi connectivity index (χ2n) is 4.49. The summed E-state index contributed by atoms with van der Waals surface area (Å²) in [5.41, 5.74) is 2.28. The lowest BCUT2D eigenvalue weighted by molar-refractivity contribution is -0.109. The van der Waals surface area contributed by atoms with Gasteiger partial charge in [0.2, 0.25) is 0 Å². The number of hydrogen-bond donors (Lipinski definition) is 1. The summed E-state index contributed by atoms with van der Waals surface area (Å²) in [5, 5.41) is 3.32. The van der Waals surface area contributed by atoms with E-state index in [9.17, 15) is 4.79 Å². The first-order valence-electron chi connectivity index (χ1n) is 5.10. The fourth-order valence-electron chi connectivity index (χ4n) is 1.93. The summed E-state index contributed by atoms with van der Waals surface area (Å²) in [7, 11) is 0. The molecule has 1 aliphatic carbocycles.